The molecule has 2 rings (SSSR count). The van der Waals surface area contributed by atoms with E-state index in [1.54, 1.807) is 6.07 Å². The Morgan fingerprint density at radius 3 is 2.45 bits per heavy atom. The Morgan fingerprint density at radius 1 is 1.12 bits per heavy atom. The highest BCUT2D eigenvalue weighted by Gasteiger charge is 2.42. The molecule has 0 heterocycles. The number of carbonyl (C=O) groups is 2. The molecule has 0 saturated carbocycles. The van der Waals surface area contributed by atoms with E-state index >= 15 is 0 Å². The number of hydrogen-bond donors (Lipinski definition) is 3. The molecule has 1 atom stereocenters. The SMILES string of the molecule is C#CCOC(NNC(=O)c1ccc(OCC#CCC)c(OC)c1)(C(=O)O)c1ccc(Cl)cc1. The van der Waals surface area contributed by atoms with Gasteiger partial charge in [-0.3, -0.25) is 10.2 Å². The molecule has 0 saturated heterocycles. The Hall–Kier alpha value is -3.69. The van der Waals surface area contributed by atoms with E-state index in [-0.39, 0.29) is 24.3 Å². The van der Waals surface area contributed by atoms with Gasteiger partial charge in [0.05, 0.1) is 7.11 Å². The van der Waals surface area contributed by atoms with Crippen molar-refractivity contribution in [2.24, 2.45) is 0 Å². The van der Waals surface area contributed by atoms with Gasteiger partial charge in [-0.15, -0.1) is 12.3 Å². The van der Waals surface area contributed by atoms with Gasteiger partial charge in [-0.1, -0.05) is 42.5 Å². The summed E-state index contributed by atoms with van der Waals surface area (Å²) in [5, 5.41) is 10.3. The van der Waals surface area contributed by atoms with Crippen molar-refractivity contribution in [2.75, 3.05) is 20.3 Å². The number of benzene rings is 2. The molecule has 2 aromatic carbocycles. The van der Waals surface area contributed by atoms with Crippen LogP contribution < -0.4 is 20.3 Å². The normalized spacial score (nSPS) is 11.8. The number of ether oxygens (including phenoxy) is 3. The fourth-order valence-electron chi connectivity index (χ4n) is 2.70. The molecule has 3 N–H and O–H groups in total. The first-order chi connectivity index (χ1) is 15.9. The molecule has 172 valence electrons. The summed E-state index contributed by atoms with van der Waals surface area (Å²) in [6, 6.07) is 10.4. The number of rotatable bonds is 10. The standard InChI is InChI=1S/C24H23ClN2O6/c1-4-6-7-15-32-20-13-8-17(16-21(20)31-3)22(28)26-27-24(23(29)30,33-14-5-2)18-9-11-19(25)12-10-18/h2,8-13,16,27H,4,14-15H2,1,3H3,(H,26,28)(H,29,30). The summed E-state index contributed by atoms with van der Waals surface area (Å²) in [6.45, 7) is 1.77. The van der Waals surface area contributed by atoms with Gasteiger partial charge < -0.3 is 19.3 Å². The molecular formula is C24H23ClN2O6. The van der Waals surface area contributed by atoms with Crippen molar-refractivity contribution in [1.29, 1.82) is 0 Å². The van der Waals surface area contributed by atoms with Crippen LogP contribution in [0.15, 0.2) is 42.5 Å². The summed E-state index contributed by atoms with van der Waals surface area (Å²) in [4.78, 5) is 24.9. The summed E-state index contributed by atoms with van der Waals surface area (Å²) in [5.41, 5.74) is 3.01. The van der Waals surface area contributed by atoms with Crippen LogP contribution in [-0.2, 0) is 15.3 Å². The predicted molar refractivity (Wildman–Crippen MR) is 123 cm³/mol. The molecule has 0 radical (unpaired) electrons. The van der Waals surface area contributed by atoms with E-state index in [9.17, 15) is 14.7 Å². The summed E-state index contributed by atoms with van der Waals surface area (Å²) < 4.78 is 16.3. The molecule has 0 bridgehead atoms. The van der Waals surface area contributed by atoms with Crippen molar-refractivity contribution in [3.05, 3.63) is 58.6 Å². The Balaban J connectivity index is 2.24. The molecule has 33 heavy (non-hydrogen) atoms. The minimum Gasteiger partial charge on any atom is -0.493 e. The molecule has 0 fully saturated rings. The largest absolute Gasteiger partial charge is 0.493 e. The number of hydrogen-bond acceptors (Lipinski definition) is 6. The summed E-state index contributed by atoms with van der Waals surface area (Å²) >= 11 is 5.90. The molecular weight excluding hydrogens is 448 g/mol. The number of aliphatic carboxylic acids is 1. The zero-order valence-corrected chi connectivity index (χ0v) is 18.9. The molecule has 0 aliphatic heterocycles. The first kappa shape index (κ1) is 25.6. The van der Waals surface area contributed by atoms with Crippen LogP contribution in [0.4, 0.5) is 0 Å². The smallest absolute Gasteiger partial charge is 0.358 e. The first-order valence-electron chi connectivity index (χ1n) is 9.78. The lowest BCUT2D eigenvalue weighted by Crippen LogP contribution is -2.58. The average Bonchev–Trinajstić information content (AvgIpc) is 2.82. The van der Waals surface area contributed by atoms with E-state index in [4.69, 9.17) is 32.2 Å². The number of amides is 1. The van der Waals surface area contributed by atoms with Gasteiger partial charge in [0.2, 0.25) is 0 Å². The van der Waals surface area contributed by atoms with Gasteiger partial charge >= 0.3 is 5.97 Å². The van der Waals surface area contributed by atoms with Gasteiger partial charge in [-0.05, 0) is 30.3 Å². The second kappa shape index (κ2) is 12.4. The number of terminal acetylenes is 1. The van der Waals surface area contributed by atoms with Crippen LogP contribution in [0.3, 0.4) is 0 Å². The van der Waals surface area contributed by atoms with Crippen molar-refractivity contribution in [3.8, 4) is 35.7 Å². The van der Waals surface area contributed by atoms with Crippen LogP contribution in [0.25, 0.3) is 0 Å². The number of carbonyl (C=O) groups excluding carboxylic acids is 1. The zero-order valence-electron chi connectivity index (χ0n) is 18.1. The maximum Gasteiger partial charge on any atom is 0.358 e. The number of carboxylic acid groups (broad SMARTS) is 1. The van der Waals surface area contributed by atoms with Crippen molar-refractivity contribution in [1.82, 2.24) is 10.9 Å². The number of hydrazine groups is 1. The van der Waals surface area contributed by atoms with Crippen molar-refractivity contribution < 1.29 is 28.9 Å². The lowest BCUT2D eigenvalue weighted by atomic mass is 10.0. The number of methoxy groups -OCH3 is 1. The molecule has 0 aliphatic rings. The molecule has 0 aliphatic carbocycles. The highest BCUT2D eigenvalue weighted by Crippen LogP contribution is 2.28. The van der Waals surface area contributed by atoms with Crippen molar-refractivity contribution in [2.45, 2.75) is 19.1 Å². The number of carboxylic acids is 1. The van der Waals surface area contributed by atoms with E-state index in [0.717, 1.165) is 0 Å². The number of halogens is 1. The minimum atomic E-state index is -2.16. The van der Waals surface area contributed by atoms with E-state index in [2.05, 4.69) is 28.6 Å². The zero-order chi connectivity index (χ0) is 24.3. The van der Waals surface area contributed by atoms with Gasteiger partial charge in [0.1, 0.15) is 13.2 Å². The highest BCUT2D eigenvalue weighted by molar-refractivity contribution is 6.30. The Bertz CT molecular complexity index is 1080. The Kier molecular flexibility index (Phi) is 9.59. The summed E-state index contributed by atoms with van der Waals surface area (Å²) in [6.07, 6.45) is 5.96. The minimum absolute atomic E-state index is 0.171. The third-order valence-electron chi connectivity index (χ3n) is 4.30. The van der Waals surface area contributed by atoms with Crippen LogP contribution in [0.5, 0.6) is 11.5 Å². The van der Waals surface area contributed by atoms with Crippen LogP contribution in [0.1, 0.15) is 29.3 Å². The second-order valence-electron chi connectivity index (χ2n) is 6.43. The van der Waals surface area contributed by atoms with Gasteiger partial charge in [0.25, 0.3) is 11.6 Å². The van der Waals surface area contributed by atoms with Crippen LogP contribution in [0.2, 0.25) is 5.02 Å². The third-order valence-corrected chi connectivity index (χ3v) is 4.56. The van der Waals surface area contributed by atoms with Gasteiger partial charge in [0, 0.05) is 22.6 Å². The maximum atomic E-state index is 12.7. The number of nitrogens with one attached hydrogen (secondary N) is 2. The van der Waals surface area contributed by atoms with E-state index in [1.807, 2.05) is 6.92 Å². The van der Waals surface area contributed by atoms with Crippen LogP contribution >= 0.6 is 11.6 Å². The lowest BCUT2D eigenvalue weighted by Gasteiger charge is -2.30. The topological polar surface area (TPSA) is 106 Å². The van der Waals surface area contributed by atoms with Crippen LogP contribution in [0, 0.1) is 24.2 Å². The van der Waals surface area contributed by atoms with Gasteiger partial charge in [0.15, 0.2) is 11.5 Å². The molecule has 1 unspecified atom stereocenters. The molecule has 1 amide bonds. The van der Waals surface area contributed by atoms with E-state index in [1.165, 1.54) is 43.5 Å². The fourth-order valence-corrected chi connectivity index (χ4v) is 2.83. The first-order valence-corrected chi connectivity index (χ1v) is 10.2. The second-order valence-corrected chi connectivity index (χ2v) is 6.86. The predicted octanol–water partition coefficient (Wildman–Crippen LogP) is 2.96. The van der Waals surface area contributed by atoms with Crippen LogP contribution in [-0.4, -0.2) is 37.3 Å². The van der Waals surface area contributed by atoms with Gasteiger partial charge in [-0.2, -0.15) is 5.43 Å². The monoisotopic (exact) mass is 470 g/mol. The quantitative estimate of drug-likeness (QED) is 0.278. The van der Waals surface area contributed by atoms with Gasteiger partial charge in [-0.25, -0.2) is 4.79 Å². The molecule has 0 spiro atoms. The average molecular weight is 471 g/mol. The summed E-state index contributed by atoms with van der Waals surface area (Å²) in [7, 11) is 1.43. The highest BCUT2D eigenvalue weighted by atomic mass is 35.5. The fraction of sp³-hybridized carbons (Fsp3) is 0.250. The lowest BCUT2D eigenvalue weighted by molar-refractivity contribution is -0.173. The molecule has 9 heteroatoms. The Morgan fingerprint density at radius 2 is 1.85 bits per heavy atom. The van der Waals surface area contributed by atoms with Crippen molar-refractivity contribution >= 4 is 23.5 Å². The summed E-state index contributed by atoms with van der Waals surface area (Å²) in [5.74, 6) is 6.61. The molecule has 8 nitrogen and oxygen atoms in total. The Labute approximate surface area is 197 Å². The third kappa shape index (κ3) is 6.64. The molecule has 0 aromatic heterocycles. The molecule has 2 aromatic rings. The van der Waals surface area contributed by atoms with E-state index in [0.29, 0.717) is 22.9 Å². The van der Waals surface area contributed by atoms with Crippen molar-refractivity contribution in [3.63, 3.8) is 0 Å². The maximum absolute atomic E-state index is 12.7. The van der Waals surface area contributed by atoms with E-state index < -0.39 is 17.6 Å².